The molecule has 3 rings (SSSR count). The normalized spacial score (nSPS) is 13.9. The van der Waals surface area contributed by atoms with Crippen LogP contribution in [0.1, 0.15) is 5.56 Å². The molecule has 1 aliphatic heterocycles. The highest BCUT2D eigenvalue weighted by atomic mass is 127. The third-order valence-corrected chi connectivity index (χ3v) is 4.72. The highest BCUT2D eigenvalue weighted by molar-refractivity contribution is 14.1. The van der Waals surface area contributed by atoms with E-state index in [4.69, 9.17) is 16.3 Å². The molecule has 0 unspecified atom stereocenters. The lowest BCUT2D eigenvalue weighted by Crippen LogP contribution is -2.38. The second-order valence-corrected chi connectivity index (χ2v) is 7.18. The van der Waals surface area contributed by atoms with Gasteiger partial charge in [0.15, 0.2) is 6.61 Å². The van der Waals surface area contributed by atoms with E-state index in [0.717, 1.165) is 25.0 Å². The smallest absolute Gasteiger partial charge is 0.265 e. The number of rotatable bonds is 2. The first kappa shape index (κ1) is 15.1. The first-order valence-electron chi connectivity index (χ1n) is 6.21. The average Bonchev–Trinajstić information content (AvgIpc) is 2.44. The van der Waals surface area contributed by atoms with Gasteiger partial charge in [0.05, 0.1) is 12.2 Å². The Balaban J connectivity index is 1.96. The predicted molar refractivity (Wildman–Crippen MR) is 95.0 cm³/mol. The van der Waals surface area contributed by atoms with E-state index in [9.17, 15) is 4.79 Å². The summed E-state index contributed by atoms with van der Waals surface area (Å²) in [5, 5.41) is 0.635. The minimum absolute atomic E-state index is 0.0568. The summed E-state index contributed by atoms with van der Waals surface area (Å²) < 4.78 is 7.49. The number of fused-ring (bicyclic) bond motifs is 1. The SMILES string of the molecule is O=C1COc2cc(I)ccc2N1Cc1ccc(Br)cc1Cl. The first-order chi connectivity index (χ1) is 10.0. The molecule has 1 amide bonds. The van der Waals surface area contributed by atoms with E-state index >= 15 is 0 Å². The monoisotopic (exact) mass is 477 g/mol. The Bertz CT molecular complexity index is 723. The Labute approximate surface area is 149 Å². The molecule has 108 valence electrons. The molecule has 21 heavy (non-hydrogen) atoms. The number of nitrogens with zero attached hydrogens (tertiary/aromatic N) is 1. The molecule has 0 radical (unpaired) electrons. The molecule has 0 fully saturated rings. The standard InChI is InChI=1S/C15H10BrClINO2/c16-10-2-1-9(12(17)5-10)7-19-13-4-3-11(18)6-14(13)21-8-15(19)20/h1-6H,7-8H2. The Morgan fingerprint density at radius 2 is 2.10 bits per heavy atom. The highest BCUT2D eigenvalue weighted by Gasteiger charge is 2.26. The third kappa shape index (κ3) is 3.19. The first-order valence-corrected chi connectivity index (χ1v) is 8.46. The fourth-order valence-corrected chi connectivity index (χ4v) is 3.37. The Morgan fingerprint density at radius 1 is 1.29 bits per heavy atom. The van der Waals surface area contributed by atoms with Gasteiger partial charge in [-0.15, -0.1) is 0 Å². The summed E-state index contributed by atoms with van der Waals surface area (Å²) in [4.78, 5) is 13.9. The molecule has 1 aliphatic rings. The van der Waals surface area contributed by atoms with Crippen molar-refractivity contribution in [1.82, 2.24) is 0 Å². The van der Waals surface area contributed by atoms with Crippen molar-refractivity contribution in [1.29, 1.82) is 0 Å². The molecule has 2 aromatic carbocycles. The fraction of sp³-hybridized carbons (Fsp3) is 0.133. The average molecular weight is 479 g/mol. The number of carbonyl (C=O) groups excluding carboxylic acids is 1. The van der Waals surface area contributed by atoms with Crippen molar-refractivity contribution in [2.45, 2.75) is 6.54 Å². The quantitative estimate of drug-likeness (QED) is 0.589. The second-order valence-electron chi connectivity index (χ2n) is 4.62. The van der Waals surface area contributed by atoms with Crippen LogP contribution < -0.4 is 9.64 Å². The minimum Gasteiger partial charge on any atom is -0.482 e. The van der Waals surface area contributed by atoms with Gasteiger partial charge in [0.25, 0.3) is 5.91 Å². The van der Waals surface area contributed by atoms with Gasteiger partial charge in [0.1, 0.15) is 5.75 Å². The van der Waals surface area contributed by atoms with Crippen LogP contribution in [0.2, 0.25) is 5.02 Å². The van der Waals surface area contributed by atoms with Crippen molar-refractivity contribution in [2.75, 3.05) is 11.5 Å². The van der Waals surface area contributed by atoms with Crippen molar-refractivity contribution >= 4 is 61.7 Å². The molecule has 0 spiro atoms. The van der Waals surface area contributed by atoms with Crippen LogP contribution in [0, 0.1) is 3.57 Å². The van der Waals surface area contributed by atoms with Gasteiger partial charge in [-0.1, -0.05) is 33.6 Å². The van der Waals surface area contributed by atoms with Gasteiger partial charge < -0.3 is 9.64 Å². The van der Waals surface area contributed by atoms with Crippen LogP contribution in [0.5, 0.6) is 5.75 Å². The van der Waals surface area contributed by atoms with Gasteiger partial charge in [-0.3, -0.25) is 4.79 Å². The van der Waals surface area contributed by atoms with Gasteiger partial charge >= 0.3 is 0 Å². The maximum absolute atomic E-state index is 12.2. The van der Waals surface area contributed by atoms with E-state index in [1.807, 2.05) is 36.4 Å². The van der Waals surface area contributed by atoms with E-state index < -0.39 is 0 Å². The maximum Gasteiger partial charge on any atom is 0.265 e. The molecule has 0 saturated carbocycles. The van der Waals surface area contributed by atoms with Gasteiger partial charge in [0.2, 0.25) is 0 Å². The number of carbonyl (C=O) groups is 1. The largest absolute Gasteiger partial charge is 0.482 e. The lowest BCUT2D eigenvalue weighted by molar-refractivity contribution is -0.121. The Hall–Kier alpha value is -0.790. The second kappa shape index (κ2) is 6.14. The third-order valence-electron chi connectivity index (χ3n) is 3.21. The lowest BCUT2D eigenvalue weighted by atomic mass is 10.1. The summed E-state index contributed by atoms with van der Waals surface area (Å²) in [5.74, 6) is 0.664. The fourth-order valence-electron chi connectivity index (χ4n) is 2.17. The number of amides is 1. The maximum atomic E-state index is 12.2. The molecule has 3 nitrogen and oxygen atoms in total. The summed E-state index contributed by atoms with van der Waals surface area (Å²) in [7, 11) is 0. The van der Waals surface area contributed by atoms with Crippen LogP contribution in [0.15, 0.2) is 40.9 Å². The van der Waals surface area contributed by atoms with E-state index in [0.29, 0.717) is 11.6 Å². The molecular formula is C15H10BrClINO2. The van der Waals surface area contributed by atoms with E-state index in [-0.39, 0.29) is 12.5 Å². The predicted octanol–water partition coefficient (Wildman–Crippen LogP) is 4.63. The van der Waals surface area contributed by atoms with Crippen LogP contribution in [-0.4, -0.2) is 12.5 Å². The van der Waals surface area contributed by atoms with Crippen molar-refractivity contribution in [3.05, 3.63) is 55.0 Å². The zero-order valence-electron chi connectivity index (χ0n) is 10.8. The zero-order chi connectivity index (χ0) is 15.0. The number of anilines is 1. The number of hydrogen-bond acceptors (Lipinski definition) is 2. The summed E-state index contributed by atoms with van der Waals surface area (Å²) >= 11 is 11.9. The summed E-state index contributed by atoms with van der Waals surface area (Å²) in [6, 6.07) is 11.5. The summed E-state index contributed by atoms with van der Waals surface area (Å²) in [5.41, 5.74) is 1.69. The van der Waals surface area contributed by atoms with Gasteiger partial charge in [-0.25, -0.2) is 0 Å². The van der Waals surface area contributed by atoms with Crippen molar-refractivity contribution in [3.63, 3.8) is 0 Å². The number of halogens is 3. The van der Waals surface area contributed by atoms with Crippen molar-refractivity contribution < 1.29 is 9.53 Å². The lowest BCUT2D eigenvalue weighted by Gasteiger charge is -2.29. The molecule has 0 N–H and O–H groups in total. The van der Waals surface area contributed by atoms with Gasteiger partial charge in [0, 0.05) is 13.1 Å². The summed E-state index contributed by atoms with van der Waals surface area (Å²) in [6.07, 6.45) is 0. The topological polar surface area (TPSA) is 29.5 Å². The molecule has 0 aliphatic carbocycles. The van der Waals surface area contributed by atoms with Crippen LogP contribution in [-0.2, 0) is 11.3 Å². The zero-order valence-corrected chi connectivity index (χ0v) is 15.3. The molecule has 2 aromatic rings. The highest BCUT2D eigenvalue weighted by Crippen LogP contribution is 2.35. The van der Waals surface area contributed by atoms with Crippen molar-refractivity contribution in [3.8, 4) is 5.75 Å². The Morgan fingerprint density at radius 3 is 2.86 bits per heavy atom. The summed E-state index contributed by atoms with van der Waals surface area (Å²) in [6.45, 7) is 0.489. The molecule has 0 aromatic heterocycles. The van der Waals surface area contributed by atoms with Gasteiger partial charge in [-0.2, -0.15) is 0 Å². The van der Waals surface area contributed by atoms with Crippen LogP contribution in [0.3, 0.4) is 0 Å². The minimum atomic E-state index is -0.0670. The van der Waals surface area contributed by atoms with Crippen LogP contribution >= 0.6 is 50.1 Å². The molecule has 0 bridgehead atoms. The molecule has 0 atom stereocenters. The van der Waals surface area contributed by atoms with Crippen molar-refractivity contribution in [2.24, 2.45) is 0 Å². The van der Waals surface area contributed by atoms with E-state index in [2.05, 4.69) is 38.5 Å². The number of benzene rings is 2. The Kier molecular flexibility index (Phi) is 4.42. The molecule has 6 heteroatoms. The molecular weight excluding hydrogens is 468 g/mol. The van der Waals surface area contributed by atoms with Gasteiger partial charge in [-0.05, 0) is 58.5 Å². The molecule has 0 saturated heterocycles. The number of hydrogen-bond donors (Lipinski definition) is 0. The van der Waals surface area contributed by atoms with E-state index in [1.165, 1.54) is 0 Å². The van der Waals surface area contributed by atoms with Crippen LogP contribution in [0.4, 0.5) is 5.69 Å². The van der Waals surface area contributed by atoms with E-state index in [1.54, 1.807) is 4.90 Å². The number of ether oxygens (including phenoxy) is 1. The van der Waals surface area contributed by atoms with Crippen LogP contribution in [0.25, 0.3) is 0 Å². The molecule has 1 heterocycles.